The van der Waals surface area contributed by atoms with Crippen LogP contribution in [0.3, 0.4) is 0 Å². The second kappa shape index (κ2) is 9.47. The molecule has 0 fully saturated rings. The van der Waals surface area contributed by atoms with Gasteiger partial charge in [-0.3, -0.25) is 4.79 Å². The molecule has 0 saturated carbocycles. The highest BCUT2D eigenvalue weighted by molar-refractivity contribution is 8.00. The number of carbonyl (C=O) groups is 1. The topological polar surface area (TPSA) is 76.1 Å². The van der Waals surface area contributed by atoms with Crippen molar-refractivity contribution in [2.75, 3.05) is 11.5 Å². The number of amides is 1. The van der Waals surface area contributed by atoms with Gasteiger partial charge in [-0.1, -0.05) is 6.07 Å². The molecule has 0 spiro atoms. The molecule has 0 aliphatic carbocycles. The number of pyridine rings is 1. The molecule has 3 rings (SSSR count). The maximum Gasteiger partial charge on any atom is 0.254 e. The fourth-order valence-electron chi connectivity index (χ4n) is 2.39. The van der Waals surface area contributed by atoms with Crippen LogP contribution in [0.4, 0.5) is 8.78 Å². The van der Waals surface area contributed by atoms with E-state index in [0.717, 1.165) is 28.8 Å². The van der Waals surface area contributed by atoms with Crippen molar-refractivity contribution in [3.8, 4) is 0 Å². The Kier molecular flexibility index (Phi) is 6.99. The lowest BCUT2D eigenvalue weighted by molar-refractivity contribution is 0.0947. The number of rotatable bonds is 8. The van der Waals surface area contributed by atoms with Crippen LogP contribution in [0.25, 0.3) is 0 Å². The standard InChI is InChI=1S/C19H16F2N2O3S3/c20-16-6-5-14(11-17(16)21)29(25,26)10-9-28-19-15(4-1-7-22-19)18(24)23-12-13-3-2-8-27-13/h1-8,11H,9-10,12H2,(H,23,24). The van der Waals surface area contributed by atoms with Gasteiger partial charge in [-0.25, -0.2) is 22.2 Å². The molecule has 10 heteroatoms. The number of thiophene rings is 1. The van der Waals surface area contributed by atoms with E-state index in [1.165, 1.54) is 17.5 Å². The van der Waals surface area contributed by atoms with Crippen molar-refractivity contribution in [3.63, 3.8) is 0 Å². The van der Waals surface area contributed by atoms with E-state index in [1.807, 2.05) is 17.5 Å². The van der Waals surface area contributed by atoms with Gasteiger partial charge in [-0.05, 0) is 41.8 Å². The summed E-state index contributed by atoms with van der Waals surface area (Å²) in [5.74, 6) is -2.84. The number of hydrogen-bond acceptors (Lipinski definition) is 6. The van der Waals surface area contributed by atoms with Crippen molar-refractivity contribution in [3.05, 3.63) is 76.1 Å². The SMILES string of the molecule is O=C(NCc1cccs1)c1cccnc1SCCS(=O)(=O)c1ccc(F)c(F)c1. The average molecular weight is 455 g/mol. The van der Waals surface area contributed by atoms with Crippen LogP contribution in [0.15, 0.2) is 64.0 Å². The van der Waals surface area contributed by atoms with E-state index in [9.17, 15) is 22.0 Å². The molecule has 1 N–H and O–H groups in total. The first-order valence-electron chi connectivity index (χ1n) is 8.43. The molecule has 0 bridgehead atoms. The van der Waals surface area contributed by atoms with Crippen LogP contribution in [0.1, 0.15) is 15.2 Å². The molecule has 0 atom stereocenters. The van der Waals surface area contributed by atoms with Crippen LogP contribution >= 0.6 is 23.1 Å². The Labute approximate surface area is 175 Å². The van der Waals surface area contributed by atoms with E-state index in [4.69, 9.17) is 0 Å². The molecular formula is C19H16F2N2O3S3. The molecular weight excluding hydrogens is 438 g/mol. The minimum atomic E-state index is -3.80. The van der Waals surface area contributed by atoms with Crippen LogP contribution in [0.5, 0.6) is 0 Å². The summed E-state index contributed by atoms with van der Waals surface area (Å²) in [5, 5.41) is 5.13. The number of nitrogens with one attached hydrogen (secondary N) is 1. The van der Waals surface area contributed by atoms with E-state index in [-0.39, 0.29) is 22.3 Å². The number of hydrogen-bond donors (Lipinski definition) is 1. The predicted molar refractivity (Wildman–Crippen MR) is 109 cm³/mol. The molecule has 2 aromatic heterocycles. The summed E-state index contributed by atoms with van der Waals surface area (Å²) in [5.41, 5.74) is 0.347. The molecule has 0 aliphatic heterocycles. The number of nitrogens with zero attached hydrogens (tertiary/aromatic N) is 1. The third kappa shape index (κ3) is 5.62. The lowest BCUT2D eigenvalue weighted by Gasteiger charge is -2.09. The highest BCUT2D eigenvalue weighted by Gasteiger charge is 2.18. The Balaban J connectivity index is 1.63. The van der Waals surface area contributed by atoms with Crippen LogP contribution < -0.4 is 5.32 Å². The van der Waals surface area contributed by atoms with Crippen molar-refractivity contribution >= 4 is 38.8 Å². The molecule has 152 valence electrons. The zero-order valence-electron chi connectivity index (χ0n) is 15.0. The molecule has 5 nitrogen and oxygen atoms in total. The van der Waals surface area contributed by atoms with Gasteiger partial charge in [0.2, 0.25) is 0 Å². The lowest BCUT2D eigenvalue weighted by Crippen LogP contribution is -2.23. The Hall–Kier alpha value is -2.30. The zero-order valence-corrected chi connectivity index (χ0v) is 17.4. The summed E-state index contributed by atoms with van der Waals surface area (Å²) < 4.78 is 51.0. The molecule has 0 unspecified atom stereocenters. The van der Waals surface area contributed by atoms with E-state index >= 15 is 0 Å². The Morgan fingerprint density at radius 3 is 2.69 bits per heavy atom. The van der Waals surface area contributed by atoms with Gasteiger partial charge in [-0.2, -0.15) is 0 Å². The second-order valence-corrected chi connectivity index (χ2v) is 10.1. The molecule has 1 amide bonds. The minimum Gasteiger partial charge on any atom is -0.347 e. The maximum atomic E-state index is 13.3. The third-order valence-electron chi connectivity index (χ3n) is 3.86. The molecule has 29 heavy (non-hydrogen) atoms. The van der Waals surface area contributed by atoms with Crippen LogP contribution in [0, 0.1) is 11.6 Å². The first kappa shape index (κ1) is 21.4. The first-order chi connectivity index (χ1) is 13.9. The predicted octanol–water partition coefficient (Wildman–Crippen LogP) is 3.92. The molecule has 0 radical (unpaired) electrons. The third-order valence-corrected chi connectivity index (χ3v) is 7.72. The molecule has 0 saturated heterocycles. The molecule has 1 aromatic carbocycles. The highest BCUT2D eigenvalue weighted by atomic mass is 32.2. The Morgan fingerprint density at radius 2 is 1.97 bits per heavy atom. The van der Waals surface area contributed by atoms with Crippen molar-refractivity contribution in [2.24, 2.45) is 0 Å². The van der Waals surface area contributed by atoms with Crippen LogP contribution in [0.2, 0.25) is 0 Å². The number of halogens is 2. The average Bonchev–Trinajstić information content (AvgIpc) is 3.22. The summed E-state index contributed by atoms with van der Waals surface area (Å²) in [4.78, 5) is 17.3. The zero-order chi connectivity index (χ0) is 20.9. The van der Waals surface area contributed by atoms with E-state index in [1.54, 1.807) is 12.1 Å². The summed E-state index contributed by atoms with van der Waals surface area (Å²) >= 11 is 2.64. The number of sulfone groups is 1. The Bertz CT molecular complexity index is 1100. The van der Waals surface area contributed by atoms with Crippen LogP contribution in [-0.2, 0) is 16.4 Å². The fraction of sp³-hybridized carbons (Fsp3) is 0.158. The van der Waals surface area contributed by atoms with Crippen molar-refractivity contribution in [2.45, 2.75) is 16.5 Å². The monoisotopic (exact) mass is 454 g/mol. The summed E-state index contributed by atoms with van der Waals surface area (Å²) in [6.07, 6.45) is 1.52. The van der Waals surface area contributed by atoms with Gasteiger partial charge in [-0.15, -0.1) is 23.1 Å². The van der Waals surface area contributed by atoms with E-state index < -0.39 is 21.5 Å². The van der Waals surface area contributed by atoms with Gasteiger partial charge in [0.25, 0.3) is 5.91 Å². The van der Waals surface area contributed by atoms with Gasteiger partial charge in [0.1, 0.15) is 5.03 Å². The molecule has 2 heterocycles. The minimum absolute atomic E-state index is 0.101. The number of carbonyl (C=O) groups excluding carboxylic acids is 1. The van der Waals surface area contributed by atoms with Gasteiger partial charge in [0.15, 0.2) is 21.5 Å². The highest BCUT2D eigenvalue weighted by Crippen LogP contribution is 2.22. The van der Waals surface area contributed by atoms with Gasteiger partial charge < -0.3 is 5.32 Å². The number of benzene rings is 1. The second-order valence-electron chi connectivity index (χ2n) is 5.86. The lowest BCUT2D eigenvalue weighted by atomic mass is 10.2. The fourth-order valence-corrected chi connectivity index (χ4v) is 5.69. The van der Waals surface area contributed by atoms with Crippen molar-refractivity contribution < 1.29 is 22.0 Å². The first-order valence-corrected chi connectivity index (χ1v) is 11.9. The molecule has 3 aromatic rings. The van der Waals surface area contributed by atoms with E-state index in [0.29, 0.717) is 23.2 Å². The molecule has 0 aliphatic rings. The summed E-state index contributed by atoms with van der Waals surface area (Å²) in [6, 6.07) is 9.52. The quantitative estimate of drug-likeness (QED) is 0.413. The number of aromatic nitrogens is 1. The summed E-state index contributed by atoms with van der Waals surface area (Å²) in [7, 11) is -3.80. The van der Waals surface area contributed by atoms with E-state index in [2.05, 4.69) is 10.3 Å². The largest absolute Gasteiger partial charge is 0.347 e. The normalized spacial score (nSPS) is 11.4. The smallest absolute Gasteiger partial charge is 0.254 e. The van der Waals surface area contributed by atoms with Gasteiger partial charge in [0.05, 0.1) is 22.8 Å². The van der Waals surface area contributed by atoms with Crippen molar-refractivity contribution in [1.82, 2.24) is 10.3 Å². The van der Waals surface area contributed by atoms with Crippen LogP contribution in [-0.4, -0.2) is 30.8 Å². The summed E-state index contributed by atoms with van der Waals surface area (Å²) in [6.45, 7) is 0.389. The van der Waals surface area contributed by atoms with Crippen molar-refractivity contribution in [1.29, 1.82) is 0 Å². The Morgan fingerprint density at radius 1 is 1.14 bits per heavy atom. The van der Waals surface area contributed by atoms with Gasteiger partial charge >= 0.3 is 0 Å². The number of thioether (sulfide) groups is 1. The van der Waals surface area contributed by atoms with Gasteiger partial charge in [0, 0.05) is 16.8 Å². The maximum absolute atomic E-state index is 13.3.